The van der Waals surface area contributed by atoms with Crippen LogP contribution in [0.25, 0.3) is 0 Å². The molecular formula is C13H17NO4. The quantitative estimate of drug-likeness (QED) is 0.889. The molecule has 2 heterocycles. The van der Waals surface area contributed by atoms with E-state index in [4.69, 9.17) is 9.52 Å². The van der Waals surface area contributed by atoms with Crippen LogP contribution in [0.5, 0.6) is 0 Å². The number of rotatable bonds is 4. The molecule has 0 aliphatic carbocycles. The number of aryl methyl sites for hydroxylation is 1. The van der Waals surface area contributed by atoms with Gasteiger partial charge in [-0.05, 0) is 18.9 Å². The van der Waals surface area contributed by atoms with Crippen molar-refractivity contribution in [3.05, 3.63) is 23.2 Å². The van der Waals surface area contributed by atoms with Crippen molar-refractivity contribution in [2.45, 2.75) is 33.2 Å². The van der Waals surface area contributed by atoms with Crippen molar-refractivity contribution >= 4 is 11.9 Å². The van der Waals surface area contributed by atoms with Crippen LogP contribution in [0.1, 0.15) is 41.6 Å². The Balaban J connectivity index is 2.08. The third-order valence-electron chi connectivity index (χ3n) is 3.42. The Morgan fingerprint density at radius 3 is 2.83 bits per heavy atom. The van der Waals surface area contributed by atoms with Gasteiger partial charge in [0.05, 0.1) is 6.54 Å². The van der Waals surface area contributed by atoms with E-state index in [9.17, 15) is 9.59 Å². The molecule has 1 aromatic rings. The van der Waals surface area contributed by atoms with E-state index >= 15 is 0 Å². The zero-order valence-electron chi connectivity index (χ0n) is 10.6. The zero-order chi connectivity index (χ0) is 13.3. The fraction of sp³-hybridized carbons (Fsp3) is 0.538. The molecule has 5 heteroatoms. The second-order valence-corrected chi connectivity index (χ2v) is 4.74. The van der Waals surface area contributed by atoms with E-state index in [1.54, 1.807) is 11.8 Å². The highest BCUT2D eigenvalue weighted by Gasteiger charge is 2.29. The van der Waals surface area contributed by atoms with E-state index in [0.717, 1.165) is 13.0 Å². The molecule has 0 radical (unpaired) electrons. The summed E-state index contributed by atoms with van der Waals surface area (Å²) in [4.78, 5) is 24.4. The number of aromatic carboxylic acids is 1. The average molecular weight is 251 g/mol. The molecule has 98 valence electrons. The Hall–Kier alpha value is -1.78. The molecule has 1 unspecified atom stereocenters. The summed E-state index contributed by atoms with van der Waals surface area (Å²) in [6.07, 6.45) is 1.57. The minimum Gasteiger partial charge on any atom is -0.478 e. The SMILES string of the molecule is CCC1CC(=O)N(Cc2cc(C(=O)O)c(C)o2)C1. The molecule has 0 bridgehead atoms. The van der Waals surface area contributed by atoms with Crippen LogP contribution in [0.3, 0.4) is 0 Å². The first-order valence-electron chi connectivity index (χ1n) is 6.11. The highest BCUT2D eigenvalue weighted by Crippen LogP contribution is 2.24. The van der Waals surface area contributed by atoms with Crippen LogP contribution in [0.15, 0.2) is 10.5 Å². The summed E-state index contributed by atoms with van der Waals surface area (Å²) in [5, 5.41) is 8.93. The highest BCUT2D eigenvalue weighted by molar-refractivity contribution is 5.88. The third-order valence-corrected chi connectivity index (χ3v) is 3.42. The first-order chi connectivity index (χ1) is 8.51. The maximum atomic E-state index is 11.7. The lowest BCUT2D eigenvalue weighted by Gasteiger charge is -2.14. The lowest BCUT2D eigenvalue weighted by Crippen LogP contribution is -2.24. The molecule has 1 aliphatic rings. The summed E-state index contributed by atoms with van der Waals surface area (Å²) >= 11 is 0. The van der Waals surface area contributed by atoms with Crippen molar-refractivity contribution in [1.82, 2.24) is 4.90 Å². The second kappa shape index (κ2) is 4.84. The van der Waals surface area contributed by atoms with Crippen molar-refractivity contribution in [3.8, 4) is 0 Å². The number of likely N-dealkylation sites (tertiary alicyclic amines) is 1. The first-order valence-corrected chi connectivity index (χ1v) is 6.11. The highest BCUT2D eigenvalue weighted by atomic mass is 16.4. The molecule has 18 heavy (non-hydrogen) atoms. The summed E-state index contributed by atoms with van der Waals surface area (Å²) < 4.78 is 5.38. The molecular weight excluding hydrogens is 234 g/mol. The monoisotopic (exact) mass is 251 g/mol. The zero-order valence-corrected chi connectivity index (χ0v) is 10.6. The standard InChI is InChI=1S/C13H17NO4/c1-3-9-4-12(15)14(6-9)7-10-5-11(13(16)17)8(2)18-10/h5,9H,3-4,6-7H2,1-2H3,(H,16,17). The average Bonchev–Trinajstić information content (AvgIpc) is 2.83. The number of hydrogen-bond acceptors (Lipinski definition) is 3. The van der Waals surface area contributed by atoms with Gasteiger partial charge in [0.1, 0.15) is 17.1 Å². The van der Waals surface area contributed by atoms with Crippen LogP contribution in [0, 0.1) is 12.8 Å². The van der Waals surface area contributed by atoms with Gasteiger partial charge < -0.3 is 14.4 Å². The minimum atomic E-state index is -0.998. The number of hydrogen-bond donors (Lipinski definition) is 1. The maximum Gasteiger partial charge on any atom is 0.339 e. The molecule has 0 aromatic carbocycles. The Morgan fingerprint density at radius 2 is 2.33 bits per heavy atom. The Kier molecular flexibility index (Phi) is 3.41. The molecule has 1 amide bonds. The number of carboxylic acid groups (broad SMARTS) is 1. The molecule has 0 spiro atoms. The van der Waals surface area contributed by atoms with Gasteiger partial charge in [-0.25, -0.2) is 4.79 Å². The van der Waals surface area contributed by atoms with Gasteiger partial charge in [0.2, 0.25) is 5.91 Å². The Bertz CT molecular complexity index is 477. The van der Waals surface area contributed by atoms with Crippen LogP contribution >= 0.6 is 0 Å². The van der Waals surface area contributed by atoms with Gasteiger partial charge >= 0.3 is 5.97 Å². The molecule has 1 aliphatic heterocycles. The normalized spacial score (nSPS) is 19.6. The van der Waals surface area contributed by atoms with Crippen LogP contribution in [0.2, 0.25) is 0 Å². The van der Waals surface area contributed by atoms with Crippen molar-refractivity contribution in [2.75, 3.05) is 6.54 Å². The van der Waals surface area contributed by atoms with Gasteiger partial charge in [-0.2, -0.15) is 0 Å². The fourth-order valence-corrected chi connectivity index (χ4v) is 2.30. The predicted molar refractivity (Wildman–Crippen MR) is 64.2 cm³/mol. The minimum absolute atomic E-state index is 0.118. The van der Waals surface area contributed by atoms with E-state index < -0.39 is 5.97 Å². The van der Waals surface area contributed by atoms with Crippen LogP contribution in [-0.2, 0) is 11.3 Å². The molecule has 1 aromatic heterocycles. The lowest BCUT2D eigenvalue weighted by molar-refractivity contribution is -0.128. The third kappa shape index (κ3) is 2.39. The molecule has 1 saturated heterocycles. The Morgan fingerprint density at radius 1 is 1.61 bits per heavy atom. The lowest BCUT2D eigenvalue weighted by atomic mass is 10.1. The van der Waals surface area contributed by atoms with Crippen molar-refractivity contribution < 1.29 is 19.1 Å². The van der Waals surface area contributed by atoms with Gasteiger partial charge in [0.25, 0.3) is 0 Å². The molecule has 0 saturated carbocycles. The van der Waals surface area contributed by atoms with Crippen LogP contribution in [-0.4, -0.2) is 28.4 Å². The molecule has 5 nitrogen and oxygen atoms in total. The van der Waals surface area contributed by atoms with Crippen molar-refractivity contribution in [2.24, 2.45) is 5.92 Å². The smallest absolute Gasteiger partial charge is 0.339 e. The van der Waals surface area contributed by atoms with Gasteiger partial charge in [0.15, 0.2) is 0 Å². The fourth-order valence-electron chi connectivity index (χ4n) is 2.30. The van der Waals surface area contributed by atoms with Crippen molar-refractivity contribution in [3.63, 3.8) is 0 Å². The van der Waals surface area contributed by atoms with Gasteiger partial charge in [-0.15, -0.1) is 0 Å². The topological polar surface area (TPSA) is 70.8 Å². The van der Waals surface area contributed by atoms with Crippen LogP contribution in [0.4, 0.5) is 0 Å². The largest absolute Gasteiger partial charge is 0.478 e. The van der Waals surface area contributed by atoms with E-state index in [1.807, 2.05) is 0 Å². The van der Waals surface area contributed by atoms with E-state index in [1.165, 1.54) is 6.07 Å². The van der Waals surface area contributed by atoms with Crippen molar-refractivity contribution in [1.29, 1.82) is 0 Å². The summed E-state index contributed by atoms with van der Waals surface area (Å²) in [6.45, 7) is 4.79. The number of nitrogens with zero attached hydrogens (tertiary/aromatic N) is 1. The van der Waals surface area contributed by atoms with Gasteiger partial charge in [0, 0.05) is 13.0 Å². The predicted octanol–water partition coefficient (Wildman–Crippen LogP) is 2.04. The number of carbonyl (C=O) groups excluding carboxylic acids is 1. The summed E-state index contributed by atoms with van der Waals surface area (Å²) in [5.41, 5.74) is 0.170. The Labute approximate surface area is 105 Å². The number of carboxylic acids is 1. The number of amides is 1. The summed E-state index contributed by atoms with van der Waals surface area (Å²) in [5.74, 6) is 0.452. The van der Waals surface area contributed by atoms with E-state index in [2.05, 4.69) is 6.92 Å². The maximum absolute atomic E-state index is 11.7. The number of carbonyl (C=O) groups is 2. The van der Waals surface area contributed by atoms with E-state index in [0.29, 0.717) is 30.4 Å². The first kappa shape index (κ1) is 12.7. The second-order valence-electron chi connectivity index (χ2n) is 4.74. The molecule has 1 atom stereocenters. The van der Waals surface area contributed by atoms with Crippen LogP contribution < -0.4 is 0 Å². The van der Waals surface area contributed by atoms with Gasteiger partial charge in [-0.1, -0.05) is 13.3 Å². The molecule has 1 N–H and O–H groups in total. The number of furan rings is 1. The summed E-state index contributed by atoms with van der Waals surface area (Å²) in [7, 11) is 0. The summed E-state index contributed by atoms with van der Waals surface area (Å²) in [6, 6.07) is 1.50. The molecule has 2 rings (SSSR count). The van der Waals surface area contributed by atoms with Gasteiger partial charge in [-0.3, -0.25) is 4.79 Å². The molecule has 1 fully saturated rings. The van der Waals surface area contributed by atoms with E-state index in [-0.39, 0.29) is 11.5 Å².